The molecule has 1 aliphatic heterocycles. The van der Waals surface area contributed by atoms with Gasteiger partial charge in [-0.3, -0.25) is 4.57 Å². The summed E-state index contributed by atoms with van der Waals surface area (Å²) in [6.45, 7) is 3.54. The number of carbonyl (C=O) groups excluding carboxylic acids is 1. The molecule has 2 aromatic rings. The topological polar surface area (TPSA) is 75.1 Å². The van der Waals surface area contributed by atoms with E-state index in [0.29, 0.717) is 6.54 Å². The van der Waals surface area contributed by atoms with Crippen molar-refractivity contribution >= 4 is 6.03 Å². The fourth-order valence-corrected chi connectivity index (χ4v) is 3.09. The summed E-state index contributed by atoms with van der Waals surface area (Å²) in [6, 6.07) is 3.73. The highest BCUT2D eigenvalue weighted by atomic mass is 16.2. The highest BCUT2D eigenvalue weighted by molar-refractivity contribution is 5.73. The molecule has 7 heteroatoms. The number of hydrogen-bond donors (Lipinski definition) is 2. The van der Waals surface area contributed by atoms with Crippen LogP contribution in [0.2, 0.25) is 0 Å². The number of nitrogens with one attached hydrogen (secondary N) is 2. The second-order valence-corrected chi connectivity index (χ2v) is 6.64. The molecule has 0 aliphatic carbocycles. The van der Waals surface area contributed by atoms with Gasteiger partial charge < -0.3 is 15.5 Å². The Labute approximate surface area is 148 Å². The Morgan fingerprint density at radius 1 is 1.28 bits per heavy atom. The molecular weight excluding hydrogens is 316 g/mol. The van der Waals surface area contributed by atoms with Gasteiger partial charge in [0.1, 0.15) is 12.1 Å². The number of amides is 2. The van der Waals surface area contributed by atoms with Crippen LogP contribution in [0, 0.1) is 5.92 Å². The van der Waals surface area contributed by atoms with Gasteiger partial charge in [-0.2, -0.15) is 0 Å². The summed E-state index contributed by atoms with van der Waals surface area (Å²) in [5, 5.41) is 5.86. The van der Waals surface area contributed by atoms with Crippen LogP contribution in [-0.4, -0.2) is 52.1 Å². The van der Waals surface area contributed by atoms with E-state index in [1.807, 2.05) is 22.9 Å². The van der Waals surface area contributed by atoms with Crippen molar-refractivity contribution in [2.75, 3.05) is 26.7 Å². The van der Waals surface area contributed by atoms with E-state index in [1.165, 1.54) is 12.8 Å². The minimum absolute atomic E-state index is 0.117. The number of urea groups is 1. The third-order valence-electron chi connectivity index (χ3n) is 4.71. The van der Waals surface area contributed by atoms with E-state index in [1.54, 1.807) is 18.7 Å². The zero-order valence-corrected chi connectivity index (χ0v) is 14.7. The molecule has 0 spiro atoms. The average Bonchev–Trinajstić information content (AvgIpc) is 3.17. The molecule has 0 bridgehead atoms. The molecule has 0 unspecified atom stereocenters. The molecule has 2 aromatic heterocycles. The van der Waals surface area contributed by atoms with Gasteiger partial charge in [0.25, 0.3) is 0 Å². The predicted octanol–water partition coefficient (Wildman–Crippen LogP) is 1.80. The summed E-state index contributed by atoms with van der Waals surface area (Å²) in [6.07, 6.45) is 10.5. The van der Waals surface area contributed by atoms with Crippen LogP contribution in [0.3, 0.4) is 0 Å². The van der Waals surface area contributed by atoms with Crippen molar-refractivity contribution in [3.05, 3.63) is 42.6 Å². The number of nitrogens with zero attached hydrogens (tertiary/aromatic N) is 4. The molecule has 25 heavy (non-hydrogen) atoms. The summed E-state index contributed by atoms with van der Waals surface area (Å²) >= 11 is 0. The first-order valence-corrected chi connectivity index (χ1v) is 8.84. The van der Waals surface area contributed by atoms with Gasteiger partial charge in [-0.05, 0) is 63.0 Å². The van der Waals surface area contributed by atoms with E-state index in [0.717, 1.165) is 43.4 Å². The SMILES string of the molecule is CN1CCC(CCNC(=O)NCc2ccnc(-n3ccnc3)c2)CC1. The van der Waals surface area contributed by atoms with Crippen LogP contribution in [0.5, 0.6) is 0 Å². The third kappa shape index (κ3) is 5.29. The van der Waals surface area contributed by atoms with Gasteiger partial charge in [-0.1, -0.05) is 0 Å². The van der Waals surface area contributed by atoms with Gasteiger partial charge >= 0.3 is 6.03 Å². The smallest absolute Gasteiger partial charge is 0.315 e. The molecule has 0 radical (unpaired) electrons. The Morgan fingerprint density at radius 3 is 2.88 bits per heavy atom. The van der Waals surface area contributed by atoms with Crippen molar-refractivity contribution in [3.63, 3.8) is 0 Å². The quantitative estimate of drug-likeness (QED) is 0.839. The highest BCUT2D eigenvalue weighted by Gasteiger charge is 2.16. The number of likely N-dealkylation sites (tertiary alicyclic amines) is 1. The van der Waals surface area contributed by atoms with Crippen molar-refractivity contribution < 1.29 is 4.79 Å². The molecule has 134 valence electrons. The molecule has 1 fully saturated rings. The molecule has 0 aromatic carbocycles. The van der Waals surface area contributed by atoms with E-state index in [2.05, 4.69) is 32.5 Å². The highest BCUT2D eigenvalue weighted by Crippen LogP contribution is 2.18. The Bertz CT molecular complexity index is 664. The number of imidazole rings is 1. The molecule has 0 atom stereocenters. The standard InChI is InChI=1S/C18H26N6O/c1-23-9-4-15(5-10-23)2-7-21-18(25)22-13-16-3-6-20-17(12-16)24-11-8-19-14-24/h3,6,8,11-12,14-15H,2,4-5,7,9-10,13H2,1H3,(H2,21,22,25). The number of carbonyl (C=O) groups is 1. The van der Waals surface area contributed by atoms with Crippen LogP contribution in [0.1, 0.15) is 24.8 Å². The van der Waals surface area contributed by atoms with Gasteiger partial charge in [0, 0.05) is 31.7 Å². The molecule has 3 rings (SSSR count). The predicted molar refractivity (Wildman–Crippen MR) is 96.4 cm³/mol. The van der Waals surface area contributed by atoms with Crippen LogP contribution in [0.25, 0.3) is 5.82 Å². The number of piperidine rings is 1. The van der Waals surface area contributed by atoms with E-state index in [9.17, 15) is 4.79 Å². The van der Waals surface area contributed by atoms with E-state index in [4.69, 9.17) is 0 Å². The van der Waals surface area contributed by atoms with Crippen LogP contribution < -0.4 is 10.6 Å². The summed E-state index contributed by atoms with van der Waals surface area (Å²) < 4.78 is 1.84. The first-order chi connectivity index (χ1) is 12.2. The number of rotatable bonds is 6. The maximum atomic E-state index is 12.0. The monoisotopic (exact) mass is 342 g/mol. The molecule has 0 saturated carbocycles. The van der Waals surface area contributed by atoms with Crippen molar-refractivity contribution in [1.29, 1.82) is 0 Å². The minimum atomic E-state index is -0.117. The number of pyridine rings is 1. The van der Waals surface area contributed by atoms with Crippen molar-refractivity contribution in [1.82, 2.24) is 30.1 Å². The Kier molecular flexibility index (Phi) is 6.00. The Morgan fingerprint density at radius 2 is 2.12 bits per heavy atom. The Balaban J connectivity index is 1.38. The van der Waals surface area contributed by atoms with Crippen molar-refractivity contribution in [2.24, 2.45) is 5.92 Å². The third-order valence-corrected chi connectivity index (χ3v) is 4.71. The second-order valence-electron chi connectivity index (χ2n) is 6.64. The Hall–Kier alpha value is -2.41. The molecule has 1 saturated heterocycles. The molecule has 7 nitrogen and oxygen atoms in total. The van der Waals surface area contributed by atoms with Crippen LogP contribution >= 0.6 is 0 Å². The lowest BCUT2D eigenvalue weighted by atomic mass is 9.94. The van der Waals surface area contributed by atoms with E-state index >= 15 is 0 Å². The van der Waals surface area contributed by atoms with Crippen molar-refractivity contribution in [3.8, 4) is 5.82 Å². The number of hydrogen-bond acceptors (Lipinski definition) is 4. The molecule has 2 amide bonds. The van der Waals surface area contributed by atoms with E-state index in [-0.39, 0.29) is 6.03 Å². The summed E-state index contributed by atoms with van der Waals surface area (Å²) in [5.74, 6) is 1.52. The van der Waals surface area contributed by atoms with Gasteiger partial charge in [0.15, 0.2) is 0 Å². The summed E-state index contributed by atoms with van der Waals surface area (Å²) in [7, 11) is 2.17. The lowest BCUT2D eigenvalue weighted by Gasteiger charge is -2.28. The van der Waals surface area contributed by atoms with Crippen LogP contribution in [0.4, 0.5) is 4.79 Å². The van der Waals surface area contributed by atoms with Gasteiger partial charge in [0.05, 0.1) is 0 Å². The normalized spacial score (nSPS) is 15.9. The van der Waals surface area contributed by atoms with Crippen LogP contribution in [-0.2, 0) is 6.54 Å². The minimum Gasteiger partial charge on any atom is -0.338 e. The zero-order valence-electron chi connectivity index (χ0n) is 14.7. The molecule has 1 aliphatic rings. The maximum Gasteiger partial charge on any atom is 0.315 e. The van der Waals surface area contributed by atoms with Gasteiger partial charge in [0.2, 0.25) is 0 Å². The second kappa shape index (κ2) is 8.62. The largest absolute Gasteiger partial charge is 0.338 e. The first-order valence-electron chi connectivity index (χ1n) is 8.84. The molecular formula is C18H26N6O. The van der Waals surface area contributed by atoms with Crippen molar-refractivity contribution in [2.45, 2.75) is 25.8 Å². The fraction of sp³-hybridized carbons (Fsp3) is 0.500. The zero-order chi connectivity index (χ0) is 17.5. The lowest BCUT2D eigenvalue weighted by Crippen LogP contribution is -2.37. The van der Waals surface area contributed by atoms with E-state index < -0.39 is 0 Å². The lowest BCUT2D eigenvalue weighted by molar-refractivity contribution is 0.209. The van der Waals surface area contributed by atoms with Gasteiger partial charge in [-0.25, -0.2) is 14.8 Å². The molecule has 3 heterocycles. The maximum absolute atomic E-state index is 12.0. The summed E-state index contributed by atoms with van der Waals surface area (Å²) in [5.41, 5.74) is 1.00. The average molecular weight is 342 g/mol. The first kappa shape index (κ1) is 17.4. The summed E-state index contributed by atoms with van der Waals surface area (Å²) in [4.78, 5) is 22.7. The van der Waals surface area contributed by atoms with Crippen LogP contribution in [0.15, 0.2) is 37.1 Å². The fourth-order valence-electron chi connectivity index (χ4n) is 3.09. The molecule has 2 N–H and O–H groups in total. The van der Waals surface area contributed by atoms with Gasteiger partial charge in [-0.15, -0.1) is 0 Å². The number of aromatic nitrogens is 3.